The minimum atomic E-state index is 0.334. The summed E-state index contributed by atoms with van der Waals surface area (Å²) in [6.45, 7) is 0. The molecule has 0 aromatic carbocycles. The van der Waals surface area contributed by atoms with Crippen molar-refractivity contribution >= 4 is 28.1 Å². The lowest BCUT2D eigenvalue weighted by atomic mass is 10.1. The average Bonchev–Trinajstić information content (AvgIpc) is 3.13. The van der Waals surface area contributed by atoms with Gasteiger partial charge in [-0.3, -0.25) is 0 Å². The molecular formula is C11H12ClN3S. The molecule has 1 heterocycles. The van der Waals surface area contributed by atoms with Crippen molar-refractivity contribution in [1.82, 2.24) is 4.98 Å². The molecule has 84 valence electrons. The second-order valence-corrected chi connectivity index (χ2v) is 5.95. The Morgan fingerprint density at radius 3 is 2.44 bits per heavy atom. The van der Waals surface area contributed by atoms with Gasteiger partial charge in [0.1, 0.15) is 10.9 Å². The third kappa shape index (κ3) is 2.02. The summed E-state index contributed by atoms with van der Waals surface area (Å²) in [5.74, 6) is 1.64. The Hall–Kier alpha value is -0.790. The zero-order valence-corrected chi connectivity index (χ0v) is 10.3. The molecule has 0 aliphatic heterocycles. The van der Waals surface area contributed by atoms with E-state index in [0.29, 0.717) is 16.1 Å². The van der Waals surface area contributed by atoms with Crippen molar-refractivity contribution in [3.8, 4) is 6.07 Å². The highest BCUT2D eigenvalue weighted by atomic mass is 35.5. The third-order valence-corrected chi connectivity index (χ3v) is 4.51. The van der Waals surface area contributed by atoms with E-state index in [4.69, 9.17) is 16.9 Å². The van der Waals surface area contributed by atoms with Gasteiger partial charge >= 0.3 is 0 Å². The molecule has 0 atom stereocenters. The normalized spacial score (nSPS) is 19.8. The van der Waals surface area contributed by atoms with Gasteiger partial charge in [-0.25, -0.2) is 4.98 Å². The Bertz CT molecular complexity index is 431. The maximum absolute atomic E-state index is 8.82. The highest BCUT2D eigenvalue weighted by Crippen LogP contribution is 2.46. The first-order valence-electron chi connectivity index (χ1n) is 5.61. The fourth-order valence-electron chi connectivity index (χ4n) is 2.11. The molecule has 2 aliphatic carbocycles. The number of thiazole rings is 1. The Morgan fingerprint density at radius 1 is 1.38 bits per heavy atom. The van der Waals surface area contributed by atoms with Crippen molar-refractivity contribution in [2.45, 2.75) is 31.7 Å². The number of halogens is 1. The molecule has 3 rings (SSSR count). The molecule has 0 bridgehead atoms. The highest BCUT2D eigenvalue weighted by Gasteiger charge is 2.41. The monoisotopic (exact) mass is 253 g/mol. The van der Waals surface area contributed by atoms with Crippen molar-refractivity contribution in [2.24, 2.45) is 11.8 Å². The van der Waals surface area contributed by atoms with Crippen molar-refractivity contribution in [1.29, 1.82) is 5.26 Å². The number of hydrogen-bond donors (Lipinski definition) is 1. The van der Waals surface area contributed by atoms with E-state index in [-0.39, 0.29) is 0 Å². The molecule has 0 spiro atoms. The molecule has 16 heavy (non-hydrogen) atoms. The van der Waals surface area contributed by atoms with Crippen LogP contribution in [0, 0.1) is 23.2 Å². The van der Waals surface area contributed by atoms with Crippen LogP contribution in [0.4, 0.5) is 5.13 Å². The average molecular weight is 254 g/mol. The summed E-state index contributed by atoms with van der Waals surface area (Å²) in [6.07, 6.45) is 5.33. The molecule has 0 saturated heterocycles. The summed E-state index contributed by atoms with van der Waals surface area (Å²) in [5, 5.41) is 13.4. The number of anilines is 1. The minimum Gasteiger partial charge on any atom is -0.358 e. The molecule has 0 amide bonds. The van der Waals surface area contributed by atoms with Crippen molar-refractivity contribution in [2.75, 3.05) is 5.32 Å². The Labute approximate surface area is 103 Å². The SMILES string of the molecule is N#Cc1sc(NC(C2CC2)C2CC2)nc1Cl. The van der Waals surface area contributed by atoms with E-state index in [0.717, 1.165) is 17.0 Å². The summed E-state index contributed by atoms with van der Waals surface area (Å²) in [5.41, 5.74) is 0. The fourth-order valence-corrected chi connectivity index (χ4v) is 3.10. The Kier molecular flexibility index (Phi) is 2.53. The summed E-state index contributed by atoms with van der Waals surface area (Å²) >= 11 is 7.22. The standard InChI is InChI=1S/C11H12ClN3S/c12-10-8(5-13)16-11(15-10)14-9(6-1-2-6)7-3-4-7/h6-7,9H,1-4H2,(H,14,15). The summed E-state index contributed by atoms with van der Waals surface area (Å²) in [6, 6.07) is 2.63. The lowest BCUT2D eigenvalue weighted by molar-refractivity contribution is 0.567. The molecule has 2 aliphatic rings. The summed E-state index contributed by atoms with van der Waals surface area (Å²) < 4.78 is 0. The van der Waals surface area contributed by atoms with Gasteiger partial charge in [-0.2, -0.15) is 5.26 Å². The van der Waals surface area contributed by atoms with Gasteiger partial charge in [-0.1, -0.05) is 22.9 Å². The zero-order chi connectivity index (χ0) is 11.1. The zero-order valence-electron chi connectivity index (χ0n) is 8.74. The molecule has 2 fully saturated rings. The van der Waals surface area contributed by atoms with E-state index in [2.05, 4.69) is 16.4 Å². The lowest BCUT2D eigenvalue weighted by Crippen LogP contribution is -2.23. The largest absolute Gasteiger partial charge is 0.358 e. The first-order valence-corrected chi connectivity index (χ1v) is 6.80. The smallest absolute Gasteiger partial charge is 0.185 e. The van der Waals surface area contributed by atoms with Gasteiger partial charge in [0.15, 0.2) is 10.3 Å². The van der Waals surface area contributed by atoms with Crippen LogP contribution in [0.25, 0.3) is 0 Å². The van der Waals surface area contributed by atoms with E-state index in [1.807, 2.05) is 0 Å². The predicted molar refractivity (Wildman–Crippen MR) is 64.7 cm³/mol. The van der Waals surface area contributed by atoms with Gasteiger partial charge in [0.05, 0.1) is 0 Å². The van der Waals surface area contributed by atoms with Gasteiger partial charge in [0, 0.05) is 6.04 Å². The van der Waals surface area contributed by atoms with Crippen LogP contribution >= 0.6 is 22.9 Å². The Morgan fingerprint density at radius 2 is 2.00 bits per heavy atom. The van der Waals surface area contributed by atoms with E-state index in [1.165, 1.54) is 37.0 Å². The lowest BCUT2D eigenvalue weighted by Gasteiger charge is -2.16. The van der Waals surface area contributed by atoms with Crippen molar-refractivity contribution in [3.05, 3.63) is 10.0 Å². The van der Waals surface area contributed by atoms with E-state index in [1.54, 1.807) is 0 Å². The molecule has 3 nitrogen and oxygen atoms in total. The summed E-state index contributed by atoms with van der Waals surface area (Å²) in [4.78, 5) is 4.70. The van der Waals surface area contributed by atoms with Gasteiger partial charge in [0.25, 0.3) is 0 Å². The topological polar surface area (TPSA) is 48.7 Å². The number of nitriles is 1. The maximum Gasteiger partial charge on any atom is 0.185 e. The highest BCUT2D eigenvalue weighted by molar-refractivity contribution is 7.16. The number of nitrogens with zero attached hydrogens (tertiary/aromatic N) is 2. The van der Waals surface area contributed by atoms with E-state index < -0.39 is 0 Å². The second-order valence-electron chi connectivity index (χ2n) is 4.60. The van der Waals surface area contributed by atoms with Gasteiger partial charge in [0.2, 0.25) is 0 Å². The third-order valence-electron chi connectivity index (χ3n) is 3.24. The van der Waals surface area contributed by atoms with E-state index in [9.17, 15) is 0 Å². The summed E-state index contributed by atoms with van der Waals surface area (Å²) in [7, 11) is 0. The molecule has 0 unspecified atom stereocenters. The van der Waals surface area contributed by atoms with Gasteiger partial charge < -0.3 is 5.32 Å². The number of rotatable bonds is 4. The number of nitrogens with one attached hydrogen (secondary N) is 1. The molecule has 1 aromatic heterocycles. The number of aromatic nitrogens is 1. The fraction of sp³-hybridized carbons (Fsp3) is 0.636. The minimum absolute atomic E-state index is 0.334. The molecule has 1 N–H and O–H groups in total. The second kappa shape index (κ2) is 3.90. The van der Waals surface area contributed by atoms with Crippen LogP contribution in [0.2, 0.25) is 5.15 Å². The van der Waals surface area contributed by atoms with Crippen LogP contribution in [0.5, 0.6) is 0 Å². The molecule has 2 saturated carbocycles. The van der Waals surface area contributed by atoms with Gasteiger partial charge in [-0.05, 0) is 37.5 Å². The molecule has 1 aromatic rings. The number of hydrogen-bond acceptors (Lipinski definition) is 4. The van der Waals surface area contributed by atoms with E-state index >= 15 is 0 Å². The van der Waals surface area contributed by atoms with Crippen LogP contribution in [0.1, 0.15) is 30.6 Å². The van der Waals surface area contributed by atoms with Crippen LogP contribution in [-0.2, 0) is 0 Å². The van der Waals surface area contributed by atoms with Crippen LogP contribution in [0.15, 0.2) is 0 Å². The quantitative estimate of drug-likeness (QED) is 0.896. The van der Waals surface area contributed by atoms with Crippen LogP contribution in [0.3, 0.4) is 0 Å². The van der Waals surface area contributed by atoms with Gasteiger partial charge in [-0.15, -0.1) is 0 Å². The van der Waals surface area contributed by atoms with Crippen molar-refractivity contribution < 1.29 is 0 Å². The first-order chi connectivity index (χ1) is 7.78. The first kappa shape index (κ1) is 10.4. The van der Waals surface area contributed by atoms with Crippen molar-refractivity contribution in [3.63, 3.8) is 0 Å². The Balaban J connectivity index is 1.74. The molecule has 0 radical (unpaired) electrons. The molecule has 5 heteroatoms. The van der Waals surface area contributed by atoms with Crippen LogP contribution in [-0.4, -0.2) is 11.0 Å². The molecular weight excluding hydrogens is 242 g/mol. The predicted octanol–water partition coefficient (Wildman–Crippen LogP) is 3.27. The maximum atomic E-state index is 8.82. The van der Waals surface area contributed by atoms with Crippen LogP contribution < -0.4 is 5.32 Å².